The number of amides is 6. The van der Waals surface area contributed by atoms with Crippen LogP contribution >= 0.6 is 55.1 Å². The zero-order valence-electron chi connectivity index (χ0n) is 17.7. The van der Waals surface area contributed by atoms with Gasteiger partial charge in [-0.25, -0.2) is 4.79 Å². The Labute approximate surface area is 225 Å². The lowest BCUT2D eigenvalue weighted by Gasteiger charge is -2.50. The smallest absolute Gasteiger partial charge is 0.328 e. The third kappa shape index (κ3) is 3.01. The molecular weight excluding hydrogens is 633 g/mol. The number of imide groups is 4. The lowest BCUT2D eigenvalue weighted by Crippen LogP contribution is -2.60. The lowest BCUT2D eigenvalue weighted by atomic mass is 9.56. The molecule has 6 unspecified atom stereocenters. The Hall–Kier alpha value is -1.95. The van der Waals surface area contributed by atoms with E-state index in [1.807, 2.05) is 0 Å². The third-order valence-electron chi connectivity index (χ3n) is 7.54. The number of nitrogens with zero attached hydrogens (tertiary/aromatic N) is 2. The number of alkyl halides is 3. The second-order valence-electron chi connectivity index (χ2n) is 9.04. The number of hydrogen-bond donors (Lipinski definition) is 2. The molecule has 9 nitrogen and oxygen atoms in total. The summed E-state index contributed by atoms with van der Waals surface area (Å²) in [5.41, 5.74) is 5.87. The summed E-state index contributed by atoms with van der Waals surface area (Å²) in [7, 11) is 0. The van der Waals surface area contributed by atoms with Gasteiger partial charge < -0.3 is 10.8 Å². The number of aromatic hydroxyl groups is 1. The van der Waals surface area contributed by atoms with Gasteiger partial charge in [-0.2, -0.15) is 4.90 Å². The van der Waals surface area contributed by atoms with Gasteiger partial charge in [0.15, 0.2) is 9.75 Å². The fourth-order valence-electron chi connectivity index (χ4n) is 6.07. The van der Waals surface area contributed by atoms with Crippen molar-refractivity contribution in [1.82, 2.24) is 9.80 Å². The summed E-state index contributed by atoms with van der Waals surface area (Å²) in [6.07, 6.45) is 1.56. The van der Waals surface area contributed by atoms with E-state index in [0.29, 0.717) is 14.9 Å². The number of rotatable bonds is 2. The normalized spacial score (nSPS) is 36.2. The molecule has 3 fully saturated rings. The van der Waals surface area contributed by atoms with E-state index in [2.05, 4.69) is 31.9 Å². The Bertz CT molecular complexity index is 1270. The number of hydrogen-bond acceptors (Lipinski definition) is 6. The number of carbonyl (C=O) groups excluding carboxylic acids is 5. The number of primary amides is 1. The highest BCUT2D eigenvalue weighted by atomic mass is 79.9. The van der Waals surface area contributed by atoms with E-state index in [1.54, 1.807) is 18.2 Å². The summed E-state index contributed by atoms with van der Waals surface area (Å²) in [6, 6.07) is 3.39. The van der Waals surface area contributed by atoms with Crippen molar-refractivity contribution >= 4 is 84.7 Å². The second-order valence-corrected chi connectivity index (χ2v) is 11.7. The summed E-state index contributed by atoms with van der Waals surface area (Å²) >= 11 is 20.6. The van der Waals surface area contributed by atoms with Gasteiger partial charge in [0.1, 0.15) is 5.75 Å². The van der Waals surface area contributed by atoms with Gasteiger partial charge in [0.25, 0.3) is 11.8 Å². The van der Waals surface area contributed by atoms with Gasteiger partial charge in [0, 0.05) is 16.0 Å². The van der Waals surface area contributed by atoms with Crippen molar-refractivity contribution in [3.8, 4) is 5.75 Å². The minimum Gasteiger partial charge on any atom is -0.508 e. The van der Waals surface area contributed by atoms with Crippen molar-refractivity contribution in [2.45, 2.75) is 28.5 Å². The van der Waals surface area contributed by atoms with Crippen LogP contribution < -0.4 is 5.73 Å². The molecule has 2 heterocycles. The largest absolute Gasteiger partial charge is 0.508 e. The van der Waals surface area contributed by atoms with Gasteiger partial charge in [0.2, 0.25) is 11.8 Å². The monoisotopic (exact) mass is 647 g/mol. The second kappa shape index (κ2) is 8.03. The molecule has 0 bridgehead atoms. The molecule has 1 saturated carbocycles. The third-order valence-corrected chi connectivity index (χ3v) is 9.94. The van der Waals surface area contributed by atoms with Crippen molar-refractivity contribution < 1.29 is 29.1 Å². The topological polar surface area (TPSA) is 138 Å². The molecule has 2 saturated heterocycles. The molecule has 2 aliphatic carbocycles. The minimum absolute atomic E-state index is 0.0860. The van der Waals surface area contributed by atoms with E-state index in [4.69, 9.17) is 28.9 Å². The van der Waals surface area contributed by atoms with Crippen LogP contribution in [0.3, 0.4) is 0 Å². The molecule has 184 valence electrons. The molecule has 1 aromatic rings. The molecule has 35 heavy (non-hydrogen) atoms. The summed E-state index contributed by atoms with van der Waals surface area (Å²) in [5, 5.41) is 10.8. The lowest BCUT2D eigenvalue weighted by molar-refractivity contribution is -0.139. The SMILES string of the molecule is NC(=O)N1C(=O)C2CC=C3C(CC4(Cl)C(=O)N(CBr)C(=O)C4(Cl)C3c3cc(Br)ccc3O)C2C1=O. The number of nitrogens with two attached hydrogens (primary N) is 1. The summed E-state index contributed by atoms with van der Waals surface area (Å²) in [5.74, 6) is -6.99. The van der Waals surface area contributed by atoms with Crippen LogP contribution in [0.5, 0.6) is 5.75 Å². The van der Waals surface area contributed by atoms with Gasteiger partial charge in [-0.1, -0.05) is 43.5 Å². The summed E-state index contributed by atoms with van der Waals surface area (Å²) < 4.78 is 0.572. The Morgan fingerprint density at radius 2 is 1.83 bits per heavy atom. The quantitative estimate of drug-likeness (QED) is 0.219. The van der Waals surface area contributed by atoms with Crippen LogP contribution in [0.25, 0.3) is 0 Å². The highest BCUT2D eigenvalue weighted by Crippen LogP contribution is 2.66. The van der Waals surface area contributed by atoms with Crippen LogP contribution in [0.15, 0.2) is 34.3 Å². The van der Waals surface area contributed by atoms with Gasteiger partial charge in [-0.3, -0.25) is 24.1 Å². The number of halogens is 4. The maximum Gasteiger partial charge on any atom is 0.328 e. The Morgan fingerprint density at radius 3 is 2.46 bits per heavy atom. The van der Waals surface area contributed by atoms with Crippen molar-refractivity contribution in [2.75, 3.05) is 5.45 Å². The van der Waals surface area contributed by atoms with Crippen LogP contribution in [-0.2, 0) is 19.2 Å². The standard InChI is InChI=1S/C22H17Br2Cl2N3O6/c23-7-28-18(33)21(25)6-12-9(2-3-10-14(12)17(32)29(16(10)31)20(27)35)15(22(21,26)19(28)34)11-5-8(24)1-4-13(11)30/h1-2,4-5,10,12,14-15,30H,3,6-7H2,(H2,27,35). The molecule has 13 heteroatoms. The maximum atomic E-state index is 13.6. The average Bonchev–Trinajstić information content (AvgIpc) is 3.14. The molecule has 4 aliphatic rings. The fraction of sp³-hybridized carbons (Fsp3) is 0.409. The average molecular weight is 650 g/mol. The maximum absolute atomic E-state index is 13.6. The van der Waals surface area contributed by atoms with E-state index >= 15 is 0 Å². The first kappa shape index (κ1) is 24.7. The zero-order chi connectivity index (χ0) is 25.6. The molecule has 6 amide bonds. The molecule has 0 aromatic heterocycles. The predicted octanol–water partition coefficient (Wildman–Crippen LogP) is 2.94. The number of phenols is 1. The van der Waals surface area contributed by atoms with Gasteiger partial charge in [0.05, 0.1) is 17.3 Å². The summed E-state index contributed by atoms with van der Waals surface area (Å²) in [4.78, 5) is 62.3. The fourth-order valence-corrected chi connectivity index (χ4v) is 7.87. The molecule has 5 rings (SSSR count). The van der Waals surface area contributed by atoms with Crippen molar-refractivity contribution in [1.29, 1.82) is 0 Å². The van der Waals surface area contributed by atoms with Crippen molar-refractivity contribution in [3.05, 3.63) is 39.9 Å². The molecule has 0 radical (unpaired) electrons. The molecule has 2 aliphatic heterocycles. The van der Waals surface area contributed by atoms with E-state index in [0.717, 1.165) is 4.90 Å². The predicted molar refractivity (Wildman–Crippen MR) is 131 cm³/mol. The highest BCUT2D eigenvalue weighted by molar-refractivity contribution is 9.10. The number of benzene rings is 1. The van der Waals surface area contributed by atoms with Crippen LogP contribution in [0, 0.1) is 17.8 Å². The van der Waals surface area contributed by atoms with Crippen molar-refractivity contribution in [2.24, 2.45) is 23.5 Å². The highest BCUT2D eigenvalue weighted by Gasteiger charge is 2.76. The van der Waals surface area contributed by atoms with Crippen LogP contribution in [-0.4, -0.2) is 59.8 Å². The number of urea groups is 1. The van der Waals surface area contributed by atoms with Crippen molar-refractivity contribution in [3.63, 3.8) is 0 Å². The Kier molecular flexibility index (Phi) is 5.67. The summed E-state index contributed by atoms with van der Waals surface area (Å²) in [6.45, 7) is 0. The van der Waals surface area contributed by atoms with Gasteiger partial charge >= 0.3 is 6.03 Å². The minimum atomic E-state index is -2.03. The number of fused-ring (bicyclic) bond motifs is 4. The molecule has 3 N–H and O–H groups in total. The first-order chi connectivity index (χ1) is 16.4. The van der Waals surface area contributed by atoms with Gasteiger partial charge in [-0.15, -0.1) is 23.2 Å². The van der Waals surface area contributed by atoms with E-state index < -0.39 is 63.1 Å². The number of carbonyl (C=O) groups is 5. The van der Waals surface area contributed by atoms with E-state index in [9.17, 15) is 29.1 Å². The Morgan fingerprint density at radius 1 is 1.14 bits per heavy atom. The number of phenolic OH excluding ortho intramolecular Hbond substituents is 1. The van der Waals surface area contributed by atoms with Crippen LogP contribution in [0.4, 0.5) is 4.79 Å². The first-order valence-electron chi connectivity index (χ1n) is 10.6. The first-order valence-corrected chi connectivity index (χ1v) is 13.2. The van der Waals surface area contributed by atoms with Crippen LogP contribution in [0.2, 0.25) is 0 Å². The Balaban J connectivity index is 1.76. The van der Waals surface area contributed by atoms with E-state index in [1.165, 1.54) is 6.07 Å². The molecule has 6 atom stereocenters. The molecular formula is C22H17Br2Cl2N3O6. The van der Waals surface area contributed by atoms with Gasteiger partial charge in [-0.05, 0) is 37.0 Å². The zero-order valence-corrected chi connectivity index (χ0v) is 22.4. The number of allylic oxidation sites excluding steroid dienone is 2. The van der Waals surface area contributed by atoms with Crippen LogP contribution in [0.1, 0.15) is 24.3 Å². The molecule has 1 aromatic carbocycles. The number of likely N-dealkylation sites (tertiary alicyclic amines) is 2. The molecule has 0 spiro atoms. The van der Waals surface area contributed by atoms with E-state index in [-0.39, 0.29) is 29.6 Å².